The number of rotatable bonds is 5. The first-order chi connectivity index (χ1) is 9.11. The minimum absolute atomic E-state index is 0. The minimum Gasteiger partial charge on any atom is -0.189 e. The Labute approximate surface area is 145 Å². The molecule has 0 nitrogen and oxygen atoms in total. The van der Waals surface area contributed by atoms with Gasteiger partial charge in [-0.2, -0.15) is 22.3 Å². The van der Waals surface area contributed by atoms with E-state index in [2.05, 4.69) is 69.2 Å². The van der Waals surface area contributed by atoms with Gasteiger partial charge in [-0.15, -0.1) is 5.56 Å². The van der Waals surface area contributed by atoms with Gasteiger partial charge >= 0.3 is 18.9 Å². The van der Waals surface area contributed by atoms with Crippen LogP contribution < -0.4 is 18.9 Å². The molecule has 0 radical (unpaired) electrons. The molecule has 0 saturated carbocycles. The zero-order valence-corrected chi connectivity index (χ0v) is 16.4. The minimum atomic E-state index is 0. The third kappa shape index (κ3) is 4.03. The summed E-state index contributed by atoms with van der Waals surface area (Å²) in [6.45, 7) is 23.6. The van der Waals surface area contributed by atoms with Crippen LogP contribution in [0.1, 0.15) is 127 Å². The molecule has 1 aromatic rings. The molecule has 0 spiro atoms. The van der Waals surface area contributed by atoms with E-state index in [0.29, 0.717) is 29.6 Å². The molecule has 1 rings (SSSR count). The summed E-state index contributed by atoms with van der Waals surface area (Å²) in [5.74, 6) is 3.10. The number of hydrogen-bond acceptors (Lipinski definition) is 0. The predicted molar refractivity (Wildman–Crippen MR) is 92.5 cm³/mol. The summed E-state index contributed by atoms with van der Waals surface area (Å²) in [6.07, 6.45) is 0. The van der Waals surface area contributed by atoms with Gasteiger partial charge in [-0.1, -0.05) is 87.0 Å². The Morgan fingerprint density at radius 1 is 0.524 bits per heavy atom. The summed E-state index contributed by atoms with van der Waals surface area (Å²) >= 11 is 0. The van der Waals surface area contributed by atoms with Crippen LogP contribution in [0.2, 0.25) is 0 Å². The summed E-state index contributed by atoms with van der Waals surface area (Å²) < 4.78 is 0. The molecular weight excluding hydrogens is 247 g/mol. The maximum Gasteiger partial charge on any atom is 1.00 e. The van der Waals surface area contributed by atoms with Crippen molar-refractivity contribution in [3.05, 3.63) is 27.8 Å². The van der Waals surface area contributed by atoms with Gasteiger partial charge in [0.05, 0.1) is 0 Å². The maximum absolute atomic E-state index is 2.36. The zero-order chi connectivity index (χ0) is 15.8. The fourth-order valence-corrected chi connectivity index (χ4v) is 3.84. The average Bonchev–Trinajstić information content (AvgIpc) is 2.64. The largest absolute Gasteiger partial charge is 1.00 e. The molecule has 0 amide bonds. The molecule has 0 unspecified atom stereocenters. The Morgan fingerprint density at radius 3 is 0.952 bits per heavy atom. The summed E-state index contributed by atoms with van der Waals surface area (Å²) in [7, 11) is 0. The summed E-state index contributed by atoms with van der Waals surface area (Å²) in [4.78, 5) is 0. The topological polar surface area (TPSA) is 0 Å². The van der Waals surface area contributed by atoms with Crippen LogP contribution in [-0.2, 0) is 0 Å². The van der Waals surface area contributed by atoms with Crippen molar-refractivity contribution >= 4 is 0 Å². The first-order valence-electron chi connectivity index (χ1n) is 8.47. The Hall–Kier alpha value is -0.0526. The Bertz CT molecular complexity index is 330. The molecule has 0 N–H and O–H groups in total. The van der Waals surface area contributed by atoms with Gasteiger partial charge in [-0.3, -0.25) is 0 Å². The van der Waals surface area contributed by atoms with Gasteiger partial charge < -0.3 is 0 Å². The number of hydrogen-bond donors (Lipinski definition) is 0. The van der Waals surface area contributed by atoms with Crippen LogP contribution in [0.4, 0.5) is 0 Å². The van der Waals surface area contributed by atoms with Gasteiger partial charge in [-0.05, 0) is 11.8 Å². The van der Waals surface area contributed by atoms with Gasteiger partial charge in [0.2, 0.25) is 0 Å². The van der Waals surface area contributed by atoms with E-state index in [1.54, 1.807) is 27.8 Å². The molecule has 0 bridgehead atoms. The van der Waals surface area contributed by atoms with Crippen molar-refractivity contribution in [3.63, 3.8) is 0 Å². The van der Waals surface area contributed by atoms with E-state index in [1.165, 1.54) is 0 Å². The SMILES string of the molecule is CC(C)c1c(C(C)C)c(C(C)C)[c-](C(C)C)c1C(C)C.[Li+]. The van der Waals surface area contributed by atoms with Crippen LogP contribution in [-0.4, -0.2) is 0 Å². The van der Waals surface area contributed by atoms with E-state index < -0.39 is 0 Å². The third-order valence-electron chi connectivity index (χ3n) is 4.34. The molecule has 116 valence electrons. The molecule has 0 saturated heterocycles. The molecule has 1 aromatic carbocycles. The smallest absolute Gasteiger partial charge is 0.189 e. The van der Waals surface area contributed by atoms with Crippen LogP contribution in [0.5, 0.6) is 0 Å². The molecule has 0 atom stereocenters. The maximum atomic E-state index is 2.36. The van der Waals surface area contributed by atoms with Crippen molar-refractivity contribution in [1.82, 2.24) is 0 Å². The molecule has 0 fully saturated rings. The van der Waals surface area contributed by atoms with E-state index in [0.717, 1.165) is 0 Å². The van der Waals surface area contributed by atoms with Crippen LogP contribution in [0, 0.1) is 0 Å². The van der Waals surface area contributed by atoms with Crippen molar-refractivity contribution in [1.29, 1.82) is 0 Å². The van der Waals surface area contributed by atoms with Gasteiger partial charge in [0.1, 0.15) is 0 Å². The molecule has 0 aliphatic rings. The van der Waals surface area contributed by atoms with E-state index in [4.69, 9.17) is 0 Å². The third-order valence-corrected chi connectivity index (χ3v) is 4.34. The van der Waals surface area contributed by atoms with Crippen LogP contribution in [0.15, 0.2) is 0 Å². The first kappa shape index (κ1) is 20.9. The standard InChI is InChI=1S/C20H35.Li/c1-11(2)16-17(12(3)4)19(14(7)8)20(15(9)10)18(16)13(5)6;/h11-15H,1-10H3;/q-1;+1. The molecule has 1 heteroatoms. The second-order valence-electron chi connectivity index (χ2n) is 7.84. The summed E-state index contributed by atoms with van der Waals surface area (Å²) in [5, 5.41) is 0. The monoisotopic (exact) mass is 282 g/mol. The van der Waals surface area contributed by atoms with Crippen molar-refractivity contribution in [2.75, 3.05) is 0 Å². The predicted octanol–water partition coefficient (Wildman–Crippen LogP) is 4.03. The average molecular weight is 282 g/mol. The van der Waals surface area contributed by atoms with Crippen molar-refractivity contribution in [2.24, 2.45) is 0 Å². The fourth-order valence-electron chi connectivity index (χ4n) is 3.84. The van der Waals surface area contributed by atoms with Gasteiger partial charge in [0.15, 0.2) is 0 Å². The van der Waals surface area contributed by atoms with Crippen LogP contribution in [0.3, 0.4) is 0 Å². The second-order valence-corrected chi connectivity index (χ2v) is 7.84. The second kappa shape index (κ2) is 7.98. The molecule has 0 aliphatic carbocycles. The van der Waals surface area contributed by atoms with Gasteiger partial charge in [-0.25, -0.2) is 0 Å². The van der Waals surface area contributed by atoms with E-state index in [-0.39, 0.29) is 18.9 Å². The van der Waals surface area contributed by atoms with Crippen molar-refractivity contribution < 1.29 is 18.9 Å². The van der Waals surface area contributed by atoms with Gasteiger partial charge in [0.25, 0.3) is 0 Å². The van der Waals surface area contributed by atoms with E-state index in [9.17, 15) is 0 Å². The summed E-state index contributed by atoms with van der Waals surface area (Å²) in [6, 6.07) is 0. The van der Waals surface area contributed by atoms with E-state index in [1.807, 2.05) is 0 Å². The molecule has 21 heavy (non-hydrogen) atoms. The molecule has 0 aliphatic heterocycles. The Morgan fingerprint density at radius 2 is 0.810 bits per heavy atom. The normalized spacial score (nSPS) is 12.1. The molecule has 0 aromatic heterocycles. The quantitative estimate of drug-likeness (QED) is 0.565. The summed E-state index contributed by atoms with van der Waals surface area (Å²) in [5.41, 5.74) is 8.28. The van der Waals surface area contributed by atoms with E-state index >= 15 is 0 Å². The molecule has 0 heterocycles. The first-order valence-corrected chi connectivity index (χ1v) is 8.47. The Balaban J connectivity index is 0.00000400. The fraction of sp³-hybridized carbons (Fsp3) is 0.750. The molecular formula is C20H35Li. The van der Waals surface area contributed by atoms with Crippen LogP contribution in [0.25, 0.3) is 0 Å². The van der Waals surface area contributed by atoms with Gasteiger partial charge in [0, 0.05) is 0 Å². The van der Waals surface area contributed by atoms with Crippen molar-refractivity contribution in [2.45, 2.75) is 98.8 Å². The van der Waals surface area contributed by atoms with Crippen LogP contribution >= 0.6 is 0 Å². The Kier molecular flexibility index (Phi) is 7.96. The zero-order valence-electron chi connectivity index (χ0n) is 16.4. The van der Waals surface area contributed by atoms with Crippen molar-refractivity contribution in [3.8, 4) is 0 Å².